The minimum absolute atomic E-state index is 0.114. The predicted octanol–water partition coefficient (Wildman–Crippen LogP) is 2.36. The van der Waals surface area contributed by atoms with E-state index in [0.717, 1.165) is 16.7 Å². The van der Waals surface area contributed by atoms with E-state index in [0.29, 0.717) is 17.9 Å². The molecule has 0 fully saturated rings. The molecule has 0 bridgehead atoms. The van der Waals surface area contributed by atoms with Crippen LogP contribution in [0.25, 0.3) is 0 Å². The summed E-state index contributed by atoms with van der Waals surface area (Å²) < 4.78 is 29.8. The molecule has 0 aliphatic carbocycles. The lowest BCUT2D eigenvalue weighted by atomic mass is 10.0. The second-order valence-corrected chi connectivity index (χ2v) is 9.00. The van der Waals surface area contributed by atoms with Crippen molar-refractivity contribution in [1.82, 2.24) is 4.90 Å². The van der Waals surface area contributed by atoms with Gasteiger partial charge in [-0.2, -0.15) is 0 Å². The maximum absolute atomic E-state index is 13.0. The van der Waals surface area contributed by atoms with Gasteiger partial charge in [-0.05, 0) is 43.2 Å². The predicted molar refractivity (Wildman–Crippen MR) is 106 cm³/mol. The van der Waals surface area contributed by atoms with Crippen molar-refractivity contribution >= 4 is 27.3 Å². The number of hydrogen-bond donors (Lipinski definition) is 1. The summed E-state index contributed by atoms with van der Waals surface area (Å²) >= 11 is 0. The fourth-order valence-electron chi connectivity index (χ4n) is 3.35. The fraction of sp³-hybridized carbons (Fsp3) is 0.300. The number of nitrogens with two attached hydrogens (primary N) is 1. The molecule has 2 aromatic carbocycles. The first-order valence-corrected chi connectivity index (χ1v) is 10.9. The fourth-order valence-corrected chi connectivity index (χ4v) is 4.27. The third-order valence-electron chi connectivity index (χ3n) is 4.65. The average molecular weight is 402 g/mol. The van der Waals surface area contributed by atoms with Crippen LogP contribution in [-0.4, -0.2) is 43.7 Å². The normalized spacial score (nSPS) is 14.9. The largest absolute Gasteiger partial charge is 0.494 e. The van der Waals surface area contributed by atoms with E-state index in [-0.39, 0.29) is 16.8 Å². The van der Waals surface area contributed by atoms with Gasteiger partial charge < -0.3 is 10.5 Å². The van der Waals surface area contributed by atoms with E-state index in [1.807, 2.05) is 13.8 Å². The van der Waals surface area contributed by atoms with Gasteiger partial charge in [0.15, 0.2) is 0 Å². The summed E-state index contributed by atoms with van der Waals surface area (Å²) in [5, 5.41) is 0. The molecular weight excluding hydrogens is 380 g/mol. The van der Waals surface area contributed by atoms with Crippen LogP contribution in [0, 0.1) is 6.92 Å². The van der Waals surface area contributed by atoms with Crippen molar-refractivity contribution < 1.29 is 22.7 Å². The van der Waals surface area contributed by atoms with E-state index in [2.05, 4.69) is 0 Å². The zero-order valence-corrected chi connectivity index (χ0v) is 16.7. The Morgan fingerprint density at radius 1 is 1.14 bits per heavy atom. The van der Waals surface area contributed by atoms with Crippen molar-refractivity contribution in [2.24, 2.45) is 0 Å². The van der Waals surface area contributed by atoms with E-state index < -0.39 is 33.4 Å². The number of sulfone groups is 1. The van der Waals surface area contributed by atoms with Crippen LogP contribution < -0.4 is 10.5 Å². The smallest absolute Gasteiger partial charge is 0.264 e. The number of hydrogen-bond acceptors (Lipinski definition) is 6. The molecule has 0 saturated heterocycles. The standard InChI is InChI=1S/C20H22N2O5S/c1-4-27-17-10-13(9-8-12(17)2)16(11-28(3,25)26)22-19(23)14-6-5-7-15(21)18(14)20(22)24/h5-10,16H,4,11,21H2,1-3H3. The molecular formula is C20H22N2O5S. The van der Waals surface area contributed by atoms with Crippen LogP contribution in [0.2, 0.25) is 0 Å². The van der Waals surface area contributed by atoms with Gasteiger partial charge in [0.1, 0.15) is 15.6 Å². The molecule has 1 unspecified atom stereocenters. The van der Waals surface area contributed by atoms with Gasteiger partial charge in [-0.3, -0.25) is 14.5 Å². The molecule has 2 N–H and O–H groups in total. The number of ether oxygens (including phenoxy) is 1. The molecule has 0 radical (unpaired) electrons. The Hall–Kier alpha value is -2.87. The van der Waals surface area contributed by atoms with Gasteiger partial charge in [-0.1, -0.05) is 18.2 Å². The highest BCUT2D eigenvalue weighted by Crippen LogP contribution is 2.36. The Labute approximate surface area is 164 Å². The monoisotopic (exact) mass is 402 g/mol. The van der Waals surface area contributed by atoms with Crippen LogP contribution in [0.4, 0.5) is 5.69 Å². The lowest BCUT2D eigenvalue weighted by Gasteiger charge is -2.26. The summed E-state index contributed by atoms with van der Waals surface area (Å²) in [4.78, 5) is 27.0. The SMILES string of the molecule is CCOc1cc(C(CS(C)(=O)=O)N2C(=O)c3cccc(N)c3C2=O)ccc1C. The summed E-state index contributed by atoms with van der Waals surface area (Å²) in [5.74, 6) is -0.966. The highest BCUT2D eigenvalue weighted by molar-refractivity contribution is 7.90. The summed E-state index contributed by atoms with van der Waals surface area (Å²) in [7, 11) is -3.51. The van der Waals surface area contributed by atoms with Crippen molar-refractivity contribution in [2.45, 2.75) is 19.9 Å². The molecule has 28 heavy (non-hydrogen) atoms. The lowest BCUT2D eigenvalue weighted by Crippen LogP contribution is -2.37. The highest BCUT2D eigenvalue weighted by atomic mass is 32.2. The van der Waals surface area contributed by atoms with Crippen molar-refractivity contribution in [1.29, 1.82) is 0 Å². The van der Waals surface area contributed by atoms with Crippen LogP contribution in [0.1, 0.15) is 44.8 Å². The van der Waals surface area contributed by atoms with E-state index in [4.69, 9.17) is 10.5 Å². The Balaban J connectivity index is 2.13. The molecule has 1 heterocycles. The number of carbonyl (C=O) groups is 2. The quantitative estimate of drug-likeness (QED) is 0.587. The van der Waals surface area contributed by atoms with Gasteiger partial charge in [0.05, 0.1) is 29.5 Å². The number of carbonyl (C=O) groups excluding carboxylic acids is 2. The van der Waals surface area contributed by atoms with Crippen molar-refractivity contribution in [3.8, 4) is 5.75 Å². The van der Waals surface area contributed by atoms with Crippen molar-refractivity contribution in [3.63, 3.8) is 0 Å². The number of nitrogen functional groups attached to an aromatic ring is 1. The van der Waals surface area contributed by atoms with E-state index >= 15 is 0 Å². The molecule has 1 atom stereocenters. The number of amides is 2. The number of imide groups is 1. The molecule has 0 saturated carbocycles. The first kappa shape index (κ1) is 19.9. The number of fused-ring (bicyclic) bond motifs is 1. The third-order valence-corrected chi connectivity index (χ3v) is 5.57. The van der Waals surface area contributed by atoms with Gasteiger partial charge in [0.25, 0.3) is 11.8 Å². The molecule has 1 aliphatic rings. The highest BCUT2D eigenvalue weighted by Gasteiger charge is 2.42. The van der Waals surface area contributed by atoms with Crippen molar-refractivity contribution in [2.75, 3.05) is 24.3 Å². The Kier molecular flexibility index (Phi) is 5.16. The van der Waals surface area contributed by atoms with Crippen LogP contribution in [-0.2, 0) is 9.84 Å². The van der Waals surface area contributed by atoms with Crippen LogP contribution >= 0.6 is 0 Å². The first-order chi connectivity index (χ1) is 13.1. The maximum atomic E-state index is 13.0. The molecule has 3 rings (SSSR count). The summed E-state index contributed by atoms with van der Waals surface area (Å²) in [6.45, 7) is 4.14. The average Bonchev–Trinajstić information content (AvgIpc) is 2.86. The summed E-state index contributed by atoms with van der Waals surface area (Å²) in [6, 6.07) is 8.83. The van der Waals surface area contributed by atoms with Gasteiger partial charge in [0, 0.05) is 11.9 Å². The molecule has 8 heteroatoms. The minimum Gasteiger partial charge on any atom is -0.494 e. The van der Waals surface area contributed by atoms with Gasteiger partial charge >= 0.3 is 0 Å². The Bertz CT molecular complexity index is 1060. The van der Waals surface area contributed by atoms with Gasteiger partial charge in [-0.15, -0.1) is 0 Å². The van der Waals surface area contributed by atoms with E-state index in [1.165, 1.54) is 12.1 Å². The topological polar surface area (TPSA) is 107 Å². The minimum atomic E-state index is -3.51. The van der Waals surface area contributed by atoms with Crippen LogP contribution in [0.5, 0.6) is 5.75 Å². The Morgan fingerprint density at radius 3 is 2.46 bits per heavy atom. The zero-order chi connectivity index (χ0) is 20.6. The summed E-state index contributed by atoms with van der Waals surface area (Å²) in [6.07, 6.45) is 1.07. The number of aryl methyl sites for hydroxylation is 1. The van der Waals surface area contributed by atoms with Crippen molar-refractivity contribution in [3.05, 3.63) is 58.7 Å². The second kappa shape index (κ2) is 7.27. The molecule has 148 valence electrons. The Morgan fingerprint density at radius 2 is 1.86 bits per heavy atom. The molecule has 7 nitrogen and oxygen atoms in total. The molecule has 2 aromatic rings. The summed E-state index contributed by atoms with van der Waals surface area (Å²) in [5.41, 5.74) is 7.76. The van der Waals surface area contributed by atoms with Crippen LogP contribution in [0.3, 0.4) is 0 Å². The van der Waals surface area contributed by atoms with Gasteiger partial charge in [0.2, 0.25) is 0 Å². The first-order valence-electron chi connectivity index (χ1n) is 8.81. The molecule has 0 spiro atoms. The molecule has 2 amide bonds. The molecule has 0 aromatic heterocycles. The maximum Gasteiger partial charge on any atom is 0.264 e. The molecule has 1 aliphatic heterocycles. The van der Waals surface area contributed by atoms with Gasteiger partial charge in [-0.25, -0.2) is 8.42 Å². The number of benzene rings is 2. The second-order valence-electron chi connectivity index (χ2n) is 6.82. The van der Waals surface area contributed by atoms with E-state index in [9.17, 15) is 18.0 Å². The van der Waals surface area contributed by atoms with Crippen LogP contribution in [0.15, 0.2) is 36.4 Å². The number of nitrogens with zero attached hydrogens (tertiary/aromatic N) is 1. The number of rotatable bonds is 6. The third kappa shape index (κ3) is 3.60. The lowest BCUT2D eigenvalue weighted by molar-refractivity contribution is 0.0598. The zero-order valence-electron chi connectivity index (χ0n) is 15.9. The number of anilines is 1. The van der Waals surface area contributed by atoms with E-state index in [1.54, 1.807) is 24.3 Å².